The Morgan fingerprint density at radius 2 is 0.741 bits per heavy atom. The third-order valence-electron chi connectivity index (χ3n) is 11.8. The summed E-state index contributed by atoms with van der Waals surface area (Å²) in [5.41, 5.74) is 7.88. The molecule has 3 heteroatoms. The van der Waals surface area contributed by atoms with Gasteiger partial charge in [-0.15, -0.1) is 0 Å². The van der Waals surface area contributed by atoms with Gasteiger partial charge < -0.3 is 0 Å². The molecule has 2 aromatic heterocycles. The number of hydrogen-bond donors (Lipinski definition) is 0. The fourth-order valence-corrected chi connectivity index (χ4v) is 9.10. The van der Waals surface area contributed by atoms with Crippen molar-refractivity contribution in [1.29, 1.82) is 0 Å². The van der Waals surface area contributed by atoms with E-state index in [0.717, 1.165) is 66.4 Å². The van der Waals surface area contributed by atoms with Crippen LogP contribution in [-0.4, -0.2) is 15.0 Å². The van der Waals surface area contributed by atoms with Crippen LogP contribution in [-0.2, 0) is 0 Å². The van der Waals surface area contributed by atoms with Crippen LogP contribution in [0.4, 0.5) is 0 Å². The summed E-state index contributed by atoms with van der Waals surface area (Å²) in [6, 6.07) is 71.5. The van der Waals surface area contributed by atoms with Crippen LogP contribution < -0.4 is 0 Å². The molecule has 0 aliphatic carbocycles. The number of benzene rings is 10. The second-order valence-electron chi connectivity index (χ2n) is 15.1. The lowest BCUT2D eigenvalue weighted by Gasteiger charge is -2.15. The molecule has 268 valence electrons. The van der Waals surface area contributed by atoms with Crippen LogP contribution in [0.1, 0.15) is 0 Å². The summed E-state index contributed by atoms with van der Waals surface area (Å²) in [6.45, 7) is 0. The number of fused-ring (bicyclic) bond motifs is 11. The molecule has 0 saturated heterocycles. The predicted octanol–water partition coefficient (Wildman–Crippen LogP) is 14.6. The van der Waals surface area contributed by atoms with Gasteiger partial charge in [0.15, 0.2) is 5.82 Å². The van der Waals surface area contributed by atoms with Gasteiger partial charge in [0.1, 0.15) is 0 Å². The van der Waals surface area contributed by atoms with E-state index in [1.807, 2.05) is 0 Å². The van der Waals surface area contributed by atoms with Crippen LogP contribution in [0.5, 0.6) is 0 Å². The molecule has 0 spiro atoms. The molecule has 12 rings (SSSR count). The number of nitrogens with zero attached hydrogens (tertiary/aromatic N) is 3. The molecule has 0 amide bonds. The van der Waals surface area contributed by atoms with Crippen LogP contribution in [0.15, 0.2) is 200 Å². The van der Waals surface area contributed by atoms with Crippen molar-refractivity contribution < 1.29 is 0 Å². The minimum absolute atomic E-state index is 0.677. The molecule has 0 saturated carbocycles. The zero-order valence-corrected chi connectivity index (χ0v) is 31.4. The summed E-state index contributed by atoms with van der Waals surface area (Å²) in [5, 5.41) is 15.6. The summed E-state index contributed by atoms with van der Waals surface area (Å²) in [6.07, 6.45) is 0. The van der Waals surface area contributed by atoms with E-state index in [1.54, 1.807) is 0 Å². The van der Waals surface area contributed by atoms with Gasteiger partial charge in [-0.05, 0) is 78.1 Å². The molecule has 10 aromatic carbocycles. The summed E-state index contributed by atoms with van der Waals surface area (Å²) < 4.78 is 0. The standard InChI is InChI=1S/C55H33N3/c1-6-18-41-34(13-1)29-30-47-53(41)46-23-11-12-24-50(46)56-54(47)35-25-27-36(28-26-35)55-57-51(48-31-37-14-2-4-16-39(37)42-19-7-9-21-44(42)48)33-52(58-55)49-32-38-15-3-5-17-40(38)43-20-8-10-22-45(43)49/h1-33H. The first-order chi connectivity index (χ1) is 28.7. The number of pyridine rings is 1. The maximum Gasteiger partial charge on any atom is 0.160 e. The monoisotopic (exact) mass is 735 g/mol. The maximum atomic E-state index is 5.40. The molecule has 58 heavy (non-hydrogen) atoms. The summed E-state index contributed by atoms with van der Waals surface area (Å²) in [7, 11) is 0. The highest BCUT2D eigenvalue weighted by molar-refractivity contribution is 6.22. The Bertz CT molecular complexity index is 3470. The van der Waals surface area contributed by atoms with Gasteiger partial charge in [0.2, 0.25) is 0 Å². The highest BCUT2D eigenvalue weighted by Gasteiger charge is 2.18. The van der Waals surface area contributed by atoms with E-state index in [1.165, 1.54) is 48.5 Å². The largest absolute Gasteiger partial charge is 0.247 e. The third-order valence-corrected chi connectivity index (χ3v) is 11.8. The Balaban J connectivity index is 1.09. The first-order valence-electron chi connectivity index (χ1n) is 19.8. The highest BCUT2D eigenvalue weighted by atomic mass is 14.9. The van der Waals surface area contributed by atoms with E-state index in [4.69, 9.17) is 15.0 Å². The summed E-state index contributed by atoms with van der Waals surface area (Å²) >= 11 is 0. The lowest BCUT2D eigenvalue weighted by atomic mass is 9.93. The van der Waals surface area contributed by atoms with E-state index < -0.39 is 0 Å². The Labute approximate surface area is 334 Å². The van der Waals surface area contributed by atoms with Gasteiger partial charge in [0.25, 0.3) is 0 Å². The van der Waals surface area contributed by atoms with Gasteiger partial charge in [-0.3, -0.25) is 0 Å². The number of aromatic nitrogens is 3. The van der Waals surface area contributed by atoms with Crippen molar-refractivity contribution >= 4 is 75.5 Å². The van der Waals surface area contributed by atoms with Crippen LogP contribution in [0.25, 0.3) is 121 Å². The number of rotatable bonds is 4. The van der Waals surface area contributed by atoms with Crippen molar-refractivity contribution in [3.05, 3.63) is 200 Å². The Morgan fingerprint density at radius 1 is 0.276 bits per heavy atom. The predicted molar refractivity (Wildman–Crippen MR) is 244 cm³/mol. The van der Waals surface area contributed by atoms with Crippen LogP contribution in [0, 0.1) is 0 Å². The lowest BCUT2D eigenvalue weighted by Crippen LogP contribution is -1.98. The molecule has 2 heterocycles. The first kappa shape index (κ1) is 32.5. The average Bonchev–Trinajstić information content (AvgIpc) is 3.30. The van der Waals surface area contributed by atoms with E-state index in [9.17, 15) is 0 Å². The van der Waals surface area contributed by atoms with Crippen molar-refractivity contribution in [2.45, 2.75) is 0 Å². The van der Waals surface area contributed by atoms with E-state index in [-0.39, 0.29) is 0 Å². The molecular formula is C55H33N3. The van der Waals surface area contributed by atoms with Crippen molar-refractivity contribution in [2.24, 2.45) is 0 Å². The molecular weight excluding hydrogens is 703 g/mol. The van der Waals surface area contributed by atoms with Crippen LogP contribution in [0.2, 0.25) is 0 Å². The van der Waals surface area contributed by atoms with Crippen LogP contribution >= 0.6 is 0 Å². The van der Waals surface area contributed by atoms with E-state index >= 15 is 0 Å². The quantitative estimate of drug-likeness (QED) is 0.169. The molecule has 12 aromatic rings. The molecule has 0 radical (unpaired) electrons. The Hall–Kier alpha value is -7.75. The third kappa shape index (κ3) is 5.11. The Morgan fingerprint density at radius 3 is 1.34 bits per heavy atom. The molecule has 0 atom stereocenters. The van der Waals surface area contributed by atoms with Crippen molar-refractivity contribution in [1.82, 2.24) is 15.0 Å². The fourth-order valence-electron chi connectivity index (χ4n) is 9.10. The molecule has 0 unspecified atom stereocenters. The Kier molecular flexibility index (Phi) is 7.23. The second-order valence-corrected chi connectivity index (χ2v) is 15.1. The summed E-state index contributed by atoms with van der Waals surface area (Å²) in [5.74, 6) is 0.677. The smallest absolute Gasteiger partial charge is 0.160 e. The number of hydrogen-bond acceptors (Lipinski definition) is 3. The number of para-hydroxylation sites is 1. The molecule has 0 aliphatic rings. The second kappa shape index (κ2) is 12.9. The zero-order chi connectivity index (χ0) is 38.2. The molecule has 0 N–H and O–H groups in total. The van der Waals surface area contributed by atoms with Gasteiger partial charge in [0.05, 0.1) is 22.6 Å². The average molecular weight is 736 g/mol. The minimum atomic E-state index is 0.677. The van der Waals surface area contributed by atoms with Gasteiger partial charge in [-0.25, -0.2) is 15.0 Å². The molecule has 0 bridgehead atoms. The summed E-state index contributed by atoms with van der Waals surface area (Å²) in [4.78, 5) is 16.1. The minimum Gasteiger partial charge on any atom is -0.247 e. The van der Waals surface area contributed by atoms with Crippen molar-refractivity contribution in [3.63, 3.8) is 0 Å². The molecule has 0 aliphatic heterocycles. The molecule has 3 nitrogen and oxygen atoms in total. The first-order valence-corrected chi connectivity index (χ1v) is 19.8. The van der Waals surface area contributed by atoms with Crippen LogP contribution in [0.3, 0.4) is 0 Å². The highest BCUT2D eigenvalue weighted by Crippen LogP contribution is 2.41. The maximum absolute atomic E-state index is 5.40. The lowest BCUT2D eigenvalue weighted by molar-refractivity contribution is 1.19. The van der Waals surface area contributed by atoms with Gasteiger partial charge >= 0.3 is 0 Å². The molecule has 0 fully saturated rings. The SMILES string of the molecule is c1ccc2c(c1)cc(-c1cc(-c3cc4ccccc4c4ccccc34)nc(-c3ccc(-c4nc5ccccc5c5c4ccc4ccccc45)cc3)n1)c1ccccc12. The topological polar surface area (TPSA) is 38.7 Å². The van der Waals surface area contributed by atoms with Crippen molar-refractivity contribution in [2.75, 3.05) is 0 Å². The fraction of sp³-hybridized carbons (Fsp3) is 0. The zero-order valence-electron chi connectivity index (χ0n) is 31.4. The van der Waals surface area contributed by atoms with Crippen molar-refractivity contribution in [3.8, 4) is 45.2 Å². The van der Waals surface area contributed by atoms with E-state index in [2.05, 4.69) is 200 Å². The van der Waals surface area contributed by atoms with Gasteiger partial charge in [0, 0.05) is 38.4 Å². The van der Waals surface area contributed by atoms with E-state index in [0.29, 0.717) is 5.82 Å². The normalized spacial score (nSPS) is 11.8. The van der Waals surface area contributed by atoms with Gasteiger partial charge in [-0.2, -0.15) is 0 Å². The van der Waals surface area contributed by atoms with Gasteiger partial charge in [-0.1, -0.05) is 176 Å².